The van der Waals surface area contributed by atoms with Crippen molar-refractivity contribution in [2.75, 3.05) is 6.54 Å². The van der Waals surface area contributed by atoms with E-state index in [0.717, 1.165) is 40.6 Å². The molecule has 0 radical (unpaired) electrons. The molecule has 0 aliphatic rings. The highest BCUT2D eigenvalue weighted by molar-refractivity contribution is 8.04. The predicted molar refractivity (Wildman–Crippen MR) is 131 cm³/mol. The maximum Gasteiger partial charge on any atom is 0.256 e. The Hall–Kier alpha value is -3.60. The van der Waals surface area contributed by atoms with Crippen LogP contribution in [0.1, 0.15) is 11.1 Å². The summed E-state index contributed by atoms with van der Waals surface area (Å²) in [7, 11) is -9.33. The smallest absolute Gasteiger partial charge is 0.256 e. The average Bonchev–Trinajstić information content (AvgIpc) is 2.82. The molecule has 0 fully saturated rings. The SMILES string of the molecule is Cc1ccc(S(=O)(=O)N(CCc2ccc3ccccc3c2)S(=O)(=O)c2ccc(O)c(O)c2)cc1O. The Bertz CT molecular complexity index is 1550. The first-order chi connectivity index (χ1) is 16.5. The van der Waals surface area contributed by atoms with Crippen molar-refractivity contribution in [2.45, 2.75) is 23.1 Å². The summed E-state index contributed by atoms with van der Waals surface area (Å²) < 4.78 is 54.4. The van der Waals surface area contributed by atoms with Gasteiger partial charge in [-0.25, -0.2) is 16.8 Å². The van der Waals surface area contributed by atoms with E-state index >= 15 is 0 Å². The fourth-order valence-electron chi connectivity index (χ4n) is 3.63. The number of phenols is 3. The molecule has 0 aliphatic heterocycles. The van der Waals surface area contributed by atoms with Gasteiger partial charge in [0.05, 0.1) is 9.79 Å². The Kier molecular flexibility index (Phi) is 6.46. The van der Waals surface area contributed by atoms with E-state index in [1.54, 1.807) is 13.0 Å². The van der Waals surface area contributed by atoms with Crippen LogP contribution in [0.25, 0.3) is 10.8 Å². The number of nitrogens with zero attached hydrogens (tertiary/aromatic N) is 1. The van der Waals surface area contributed by atoms with E-state index in [9.17, 15) is 32.2 Å². The number of rotatable bonds is 7. The molecule has 0 saturated heterocycles. The maximum absolute atomic E-state index is 13.5. The van der Waals surface area contributed by atoms with Crippen molar-refractivity contribution in [3.63, 3.8) is 0 Å². The first-order valence-electron chi connectivity index (χ1n) is 10.6. The van der Waals surface area contributed by atoms with Crippen LogP contribution in [0.2, 0.25) is 0 Å². The molecule has 35 heavy (non-hydrogen) atoms. The van der Waals surface area contributed by atoms with Crippen LogP contribution >= 0.6 is 0 Å². The molecule has 0 amide bonds. The highest BCUT2D eigenvalue weighted by Gasteiger charge is 2.37. The van der Waals surface area contributed by atoms with E-state index in [-0.39, 0.29) is 12.2 Å². The first-order valence-corrected chi connectivity index (χ1v) is 13.5. The van der Waals surface area contributed by atoms with Crippen LogP contribution in [0.4, 0.5) is 0 Å². The van der Waals surface area contributed by atoms with E-state index in [1.165, 1.54) is 12.1 Å². The summed E-state index contributed by atoms with van der Waals surface area (Å²) in [6.07, 6.45) is 0.0746. The third-order valence-electron chi connectivity index (χ3n) is 5.66. The average molecular weight is 514 g/mol. The highest BCUT2D eigenvalue weighted by Crippen LogP contribution is 2.32. The molecule has 0 aliphatic carbocycles. The molecule has 182 valence electrons. The molecule has 0 atom stereocenters. The molecule has 0 heterocycles. The second-order valence-electron chi connectivity index (χ2n) is 8.04. The van der Waals surface area contributed by atoms with Crippen molar-refractivity contribution < 1.29 is 32.2 Å². The summed E-state index contributed by atoms with van der Waals surface area (Å²) >= 11 is 0. The number of hydrogen-bond acceptors (Lipinski definition) is 7. The van der Waals surface area contributed by atoms with Gasteiger partial charge in [0, 0.05) is 18.7 Å². The van der Waals surface area contributed by atoms with Gasteiger partial charge < -0.3 is 15.3 Å². The fourth-order valence-corrected chi connectivity index (χ4v) is 7.32. The van der Waals surface area contributed by atoms with Gasteiger partial charge in [-0.3, -0.25) is 0 Å². The van der Waals surface area contributed by atoms with E-state index in [2.05, 4.69) is 0 Å². The second kappa shape index (κ2) is 9.21. The summed E-state index contributed by atoms with van der Waals surface area (Å²) in [6, 6.07) is 19.5. The minimum absolute atomic E-state index is 0.0746. The summed E-state index contributed by atoms with van der Waals surface area (Å²) in [5.41, 5.74) is 1.15. The number of aromatic hydroxyl groups is 3. The van der Waals surface area contributed by atoms with Crippen molar-refractivity contribution in [3.8, 4) is 17.2 Å². The van der Waals surface area contributed by atoms with Gasteiger partial charge in [0.1, 0.15) is 5.75 Å². The molecular formula is C25H23NO7S2. The van der Waals surface area contributed by atoms with Crippen LogP contribution in [0, 0.1) is 6.92 Å². The maximum atomic E-state index is 13.5. The third kappa shape index (κ3) is 4.81. The van der Waals surface area contributed by atoms with Gasteiger partial charge in [-0.2, -0.15) is 0 Å². The molecule has 8 nitrogen and oxygen atoms in total. The number of hydrogen-bond donors (Lipinski definition) is 3. The Labute approximate surface area is 203 Å². The largest absolute Gasteiger partial charge is 0.508 e. The summed E-state index contributed by atoms with van der Waals surface area (Å²) in [5, 5.41) is 31.4. The highest BCUT2D eigenvalue weighted by atomic mass is 32.3. The molecule has 4 rings (SSSR count). The molecule has 3 N–H and O–H groups in total. The van der Waals surface area contributed by atoms with Crippen LogP contribution in [-0.4, -0.2) is 42.4 Å². The van der Waals surface area contributed by atoms with Gasteiger partial charge in [0.15, 0.2) is 11.5 Å². The molecule has 0 saturated carbocycles. The Balaban J connectivity index is 1.78. The van der Waals surface area contributed by atoms with Crippen molar-refractivity contribution in [1.29, 1.82) is 0 Å². The fraction of sp³-hybridized carbons (Fsp3) is 0.120. The van der Waals surface area contributed by atoms with Gasteiger partial charge in [-0.15, -0.1) is 0 Å². The molecule has 4 aromatic rings. The number of fused-ring (bicyclic) bond motifs is 1. The minimum atomic E-state index is -4.69. The zero-order valence-corrected chi connectivity index (χ0v) is 20.3. The Morgan fingerprint density at radius 3 is 1.89 bits per heavy atom. The molecule has 0 aromatic heterocycles. The first kappa shape index (κ1) is 24.5. The number of sulfonamides is 2. The van der Waals surface area contributed by atoms with Crippen LogP contribution < -0.4 is 0 Å². The molecule has 10 heteroatoms. The number of aryl methyl sites for hydroxylation is 1. The van der Waals surface area contributed by atoms with E-state index in [1.807, 2.05) is 36.4 Å². The molecule has 0 spiro atoms. The van der Waals surface area contributed by atoms with Gasteiger partial charge >= 0.3 is 0 Å². The zero-order valence-electron chi connectivity index (χ0n) is 18.7. The van der Waals surface area contributed by atoms with Crippen molar-refractivity contribution in [2.24, 2.45) is 0 Å². The quantitative estimate of drug-likeness (QED) is 0.319. The van der Waals surface area contributed by atoms with Gasteiger partial charge in [-0.05, 0) is 53.4 Å². The second-order valence-corrected chi connectivity index (χ2v) is 12.0. The summed E-state index contributed by atoms with van der Waals surface area (Å²) in [5.74, 6) is -1.54. The standard InChI is InChI=1S/C25H23NO7S2/c1-17-6-9-21(15-24(17)28)34(30,31)26(35(32,33)22-10-11-23(27)25(29)16-22)13-12-18-7-8-19-4-2-3-5-20(19)14-18/h2-11,14-16,27-29H,12-13H2,1H3. The van der Waals surface area contributed by atoms with Gasteiger partial charge in [-0.1, -0.05) is 52.2 Å². The molecular weight excluding hydrogens is 490 g/mol. The van der Waals surface area contributed by atoms with Gasteiger partial charge in [0.25, 0.3) is 20.0 Å². The lowest BCUT2D eigenvalue weighted by atomic mass is 10.1. The van der Waals surface area contributed by atoms with Crippen molar-refractivity contribution in [3.05, 3.63) is 90.0 Å². The summed E-state index contributed by atoms with van der Waals surface area (Å²) in [6.45, 7) is 1.15. The van der Waals surface area contributed by atoms with Gasteiger partial charge in [0.2, 0.25) is 0 Å². The minimum Gasteiger partial charge on any atom is -0.508 e. The number of phenolic OH excluding ortho intramolecular Hbond substituents is 3. The third-order valence-corrected chi connectivity index (χ3v) is 9.97. The van der Waals surface area contributed by atoms with Crippen molar-refractivity contribution >= 4 is 30.8 Å². The lowest BCUT2D eigenvalue weighted by Gasteiger charge is -2.23. The van der Waals surface area contributed by atoms with E-state index < -0.39 is 47.9 Å². The van der Waals surface area contributed by atoms with Crippen LogP contribution in [-0.2, 0) is 26.5 Å². The zero-order chi connectivity index (χ0) is 25.4. The monoisotopic (exact) mass is 513 g/mol. The Morgan fingerprint density at radius 1 is 0.657 bits per heavy atom. The van der Waals surface area contributed by atoms with Crippen LogP contribution in [0.3, 0.4) is 0 Å². The topological polar surface area (TPSA) is 132 Å². The number of benzene rings is 4. The lowest BCUT2D eigenvalue weighted by Crippen LogP contribution is -2.38. The lowest BCUT2D eigenvalue weighted by molar-refractivity contribution is 0.402. The van der Waals surface area contributed by atoms with Crippen LogP contribution in [0.5, 0.6) is 17.2 Å². The van der Waals surface area contributed by atoms with E-state index in [4.69, 9.17) is 0 Å². The predicted octanol–water partition coefficient (Wildman–Crippen LogP) is 3.89. The van der Waals surface area contributed by atoms with Crippen molar-refractivity contribution in [1.82, 2.24) is 3.71 Å². The van der Waals surface area contributed by atoms with Crippen LogP contribution in [0.15, 0.2) is 88.7 Å². The van der Waals surface area contributed by atoms with E-state index in [0.29, 0.717) is 9.27 Å². The Morgan fingerprint density at radius 2 is 1.26 bits per heavy atom. The summed E-state index contributed by atoms with van der Waals surface area (Å²) in [4.78, 5) is -0.906. The normalized spacial score (nSPS) is 12.3. The molecule has 0 unspecified atom stereocenters. The molecule has 4 aromatic carbocycles. The molecule has 0 bridgehead atoms.